The van der Waals surface area contributed by atoms with Gasteiger partial charge in [0.1, 0.15) is 0 Å². The average molecular weight is 385 g/mol. The second-order valence-electron chi connectivity index (χ2n) is 6.53. The SMILES string of the molecule is NS(=O)(=O)c1ccc(/C=C/C(=O)N2CCN(Cc3ccccc3)CC2)cc1. The molecule has 2 aromatic rings. The summed E-state index contributed by atoms with van der Waals surface area (Å²) in [5.41, 5.74) is 2.03. The molecule has 1 amide bonds. The van der Waals surface area contributed by atoms with Crippen molar-refractivity contribution in [1.82, 2.24) is 9.80 Å². The van der Waals surface area contributed by atoms with E-state index in [1.807, 2.05) is 23.1 Å². The lowest BCUT2D eigenvalue weighted by Crippen LogP contribution is -2.47. The molecule has 1 aliphatic rings. The van der Waals surface area contributed by atoms with Crippen molar-refractivity contribution < 1.29 is 13.2 Å². The van der Waals surface area contributed by atoms with Crippen LogP contribution >= 0.6 is 0 Å². The van der Waals surface area contributed by atoms with Gasteiger partial charge in [0.15, 0.2) is 0 Å². The van der Waals surface area contributed by atoms with Crippen molar-refractivity contribution in [3.63, 3.8) is 0 Å². The van der Waals surface area contributed by atoms with Crippen LogP contribution in [0.1, 0.15) is 11.1 Å². The fourth-order valence-electron chi connectivity index (χ4n) is 3.01. The molecule has 0 atom stereocenters. The summed E-state index contributed by atoms with van der Waals surface area (Å²) in [6.07, 6.45) is 3.21. The number of carbonyl (C=O) groups excluding carboxylic acids is 1. The summed E-state index contributed by atoms with van der Waals surface area (Å²) in [4.78, 5) is 16.6. The molecule has 7 heteroatoms. The predicted molar refractivity (Wildman–Crippen MR) is 105 cm³/mol. The zero-order valence-electron chi connectivity index (χ0n) is 15.0. The molecule has 0 bridgehead atoms. The smallest absolute Gasteiger partial charge is 0.246 e. The number of piperazine rings is 1. The van der Waals surface area contributed by atoms with Crippen LogP contribution in [-0.4, -0.2) is 50.3 Å². The Kier molecular flexibility index (Phi) is 6.05. The summed E-state index contributed by atoms with van der Waals surface area (Å²) in [5.74, 6) is -0.0371. The summed E-state index contributed by atoms with van der Waals surface area (Å²) in [5, 5.41) is 5.08. The quantitative estimate of drug-likeness (QED) is 0.794. The minimum atomic E-state index is -3.70. The van der Waals surface area contributed by atoms with E-state index in [0.29, 0.717) is 13.1 Å². The first-order valence-corrected chi connectivity index (χ1v) is 10.3. The maximum absolute atomic E-state index is 12.4. The molecule has 1 aliphatic heterocycles. The Morgan fingerprint density at radius 1 is 0.963 bits per heavy atom. The summed E-state index contributed by atoms with van der Waals surface area (Å²) in [7, 11) is -3.70. The average Bonchev–Trinajstić information content (AvgIpc) is 2.67. The highest BCUT2D eigenvalue weighted by atomic mass is 32.2. The number of nitrogens with zero attached hydrogens (tertiary/aromatic N) is 2. The molecule has 6 nitrogen and oxygen atoms in total. The first kappa shape index (κ1) is 19.3. The zero-order valence-corrected chi connectivity index (χ0v) is 15.8. The number of carbonyl (C=O) groups is 1. The van der Waals surface area contributed by atoms with E-state index < -0.39 is 10.0 Å². The first-order valence-electron chi connectivity index (χ1n) is 8.78. The van der Waals surface area contributed by atoms with Crippen molar-refractivity contribution in [2.45, 2.75) is 11.4 Å². The van der Waals surface area contributed by atoms with Crippen molar-refractivity contribution in [2.75, 3.05) is 26.2 Å². The third-order valence-electron chi connectivity index (χ3n) is 4.56. The molecule has 0 unspecified atom stereocenters. The van der Waals surface area contributed by atoms with Gasteiger partial charge in [0.2, 0.25) is 15.9 Å². The van der Waals surface area contributed by atoms with Gasteiger partial charge in [0.25, 0.3) is 0 Å². The number of hydrogen-bond acceptors (Lipinski definition) is 4. The molecule has 27 heavy (non-hydrogen) atoms. The molecule has 1 fully saturated rings. The fourth-order valence-corrected chi connectivity index (χ4v) is 3.52. The van der Waals surface area contributed by atoms with Gasteiger partial charge in [-0.25, -0.2) is 13.6 Å². The maximum atomic E-state index is 12.4. The fraction of sp³-hybridized carbons (Fsp3) is 0.250. The Labute approximate surface area is 159 Å². The highest BCUT2D eigenvalue weighted by Gasteiger charge is 2.19. The topological polar surface area (TPSA) is 83.7 Å². The molecule has 0 saturated carbocycles. The van der Waals surface area contributed by atoms with E-state index in [9.17, 15) is 13.2 Å². The summed E-state index contributed by atoms with van der Waals surface area (Å²) in [6.45, 7) is 3.98. The second kappa shape index (κ2) is 8.47. The molecular formula is C20H23N3O3S. The lowest BCUT2D eigenvalue weighted by atomic mass is 10.2. The lowest BCUT2D eigenvalue weighted by molar-refractivity contribution is -0.127. The molecule has 1 saturated heterocycles. The van der Waals surface area contributed by atoms with E-state index in [4.69, 9.17) is 5.14 Å². The largest absolute Gasteiger partial charge is 0.337 e. The molecule has 3 rings (SSSR count). The molecule has 142 valence electrons. The van der Waals surface area contributed by atoms with Crippen LogP contribution in [0.15, 0.2) is 65.6 Å². The van der Waals surface area contributed by atoms with Crippen LogP contribution in [0.4, 0.5) is 0 Å². The summed E-state index contributed by atoms with van der Waals surface area (Å²) < 4.78 is 22.5. The third-order valence-corrected chi connectivity index (χ3v) is 5.49. The number of amides is 1. The Hall–Kier alpha value is -2.48. The summed E-state index contributed by atoms with van der Waals surface area (Å²) >= 11 is 0. The van der Waals surface area contributed by atoms with Gasteiger partial charge in [-0.05, 0) is 29.3 Å². The Bertz CT molecular complexity index is 901. The number of rotatable bonds is 5. The van der Waals surface area contributed by atoms with Crippen LogP contribution in [-0.2, 0) is 21.4 Å². The van der Waals surface area contributed by atoms with Gasteiger partial charge in [0.05, 0.1) is 4.90 Å². The van der Waals surface area contributed by atoms with Crippen LogP contribution in [0.3, 0.4) is 0 Å². The molecule has 1 heterocycles. The van der Waals surface area contributed by atoms with Gasteiger partial charge in [-0.2, -0.15) is 0 Å². The molecular weight excluding hydrogens is 362 g/mol. The molecule has 0 aromatic heterocycles. The minimum absolute atomic E-state index is 0.0371. The lowest BCUT2D eigenvalue weighted by Gasteiger charge is -2.34. The third kappa shape index (κ3) is 5.50. The van der Waals surface area contributed by atoms with Crippen LogP contribution in [0.5, 0.6) is 0 Å². The number of primary sulfonamides is 1. The van der Waals surface area contributed by atoms with Gasteiger partial charge in [0, 0.05) is 38.8 Å². The van der Waals surface area contributed by atoms with Crippen LogP contribution in [0, 0.1) is 0 Å². The second-order valence-corrected chi connectivity index (χ2v) is 8.10. The highest BCUT2D eigenvalue weighted by molar-refractivity contribution is 7.89. The number of benzene rings is 2. The predicted octanol–water partition coefficient (Wildman–Crippen LogP) is 1.69. The number of nitrogens with two attached hydrogens (primary N) is 1. The van der Waals surface area contributed by atoms with Crippen LogP contribution in [0.2, 0.25) is 0 Å². The molecule has 0 aliphatic carbocycles. The van der Waals surface area contributed by atoms with E-state index in [1.165, 1.54) is 23.8 Å². The van der Waals surface area contributed by atoms with Gasteiger partial charge in [-0.3, -0.25) is 9.69 Å². The van der Waals surface area contributed by atoms with Crippen LogP contribution < -0.4 is 5.14 Å². The van der Waals surface area contributed by atoms with Crippen molar-refractivity contribution in [2.24, 2.45) is 5.14 Å². The maximum Gasteiger partial charge on any atom is 0.246 e. The molecule has 2 N–H and O–H groups in total. The Balaban J connectivity index is 1.51. The van der Waals surface area contributed by atoms with E-state index >= 15 is 0 Å². The standard InChI is InChI=1S/C20H23N3O3S/c21-27(25,26)19-9-6-17(7-10-19)8-11-20(24)23-14-12-22(13-15-23)16-18-4-2-1-3-5-18/h1-11H,12-16H2,(H2,21,25,26)/b11-8+. The van der Waals surface area contributed by atoms with Gasteiger partial charge >= 0.3 is 0 Å². The van der Waals surface area contributed by atoms with E-state index in [-0.39, 0.29) is 10.8 Å². The number of hydrogen-bond donors (Lipinski definition) is 1. The van der Waals surface area contributed by atoms with E-state index in [0.717, 1.165) is 25.2 Å². The van der Waals surface area contributed by atoms with Crippen molar-refractivity contribution in [1.29, 1.82) is 0 Å². The minimum Gasteiger partial charge on any atom is -0.337 e. The van der Waals surface area contributed by atoms with Crippen molar-refractivity contribution >= 4 is 22.0 Å². The van der Waals surface area contributed by atoms with Gasteiger partial charge < -0.3 is 4.90 Å². The van der Waals surface area contributed by atoms with Crippen molar-refractivity contribution in [3.8, 4) is 0 Å². The molecule has 0 radical (unpaired) electrons. The summed E-state index contributed by atoms with van der Waals surface area (Å²) in [6, 6.07) is 16.4. The van der Waals surface area contributed by atoms with Gasteiger partial charge in [-0.15, -0.1) is 0 Å². The van der Waals surface area contributed by atoms with Crippen LogP contribution in [0.25, 0.3) is 6.08 Å². The first-order chi connectivity index (χ1) is 12.9. The zero-order chi connectivity index (χ0) is 19.3. The monoisotopic (exact) mass is 385 g/mol. The Morgan fingerprint density at radius 3 is 2.19 bits per heavy atom. The molecule has 2 aromatic carbocycles. The Morgan fingerprint density at radius 2 is 1.59 bits per heavy atom. The number of sulfonamides is 1. The normalized spacial score (nSPS) is 16.0. The van der Waals surface area contributed by atoms with Gasteiger partial charge in [-0.1, -0.05) is 42.5 Å². The van der Waals surface area contributed by atoms with E-state index in [1.54, 1.807) is 18.2 Å². The molecule has 0 spiro atoms. The van der Waals surface area contributed by atoms with Crippen molar-refractivity contribution in [3.05, 3.63) is 71.8 Å². The highest BCUT2D eigenvalue weighted by Crippen LogP contribution is 2.12. The van der Waals surface area contributed by atoms with E-state index in [2.05, 4.69) is 17.0 Å².